The topological polar surface area (TPSA) is 151 Å². The van der Waals surface area contributed by atoms with Gasteiger partial charge in [0, 0.05) is 22.5 Å². The molecule has 10 nitrogen and oxygen atoms in total. The third-order valence-corrected chi connectivity index (χ3v) is 5.36. The predicted octanol–water partition coefficient (Wildman–Crippen LogP) is 4.58. The van der Waals surface area contributed by atoms with Gasteiger partial charge in [0.05, 0.1) is 0 Å². The largest absolute Gasteiger partial charge is 0.658 e. The molecule has 0 aliphatic heterocycles. The van der Waals surface area contributed by atoms with Crippen LogP contribution < -0.4 is 19.9 Å². The molecule has 1 radical (unpaired) electrons. The number of carbonyl (C=O) groups excluding carboxylic acids is 2. The minimum absolute atomic E-state index is 0.108. The number of carboxylic acid groups (broad SMARTS) is 2. The van der Waals surface area contributed by atoms with Gasteiger partial charge in [-0.2, -0.15) is 0 Å². The molecule has 193 valence electrons. The quantitative estimate of drug-likeness (QED) is 0.221. The predicted molar refractivity (Wildman–Crippen MR) is 143 cm³/mol. The van der Waals surface area contributed by atoms with Crippen molar-refractivity contribution < 1.29 is 38.7 Å². The van der Waals surface area contributed by atoms with Gasteiger partial charge in [-0.3, -0.25) is 9.59 Å². The smallest absolute Gasteiger partial charge is 0.526 e. The third-order valence-electron chi connectivity index (χ3n) is 5.36. The van der Waals surface area contributed by atoms with E-state index in [-0.39, 0.29) is 34.0 Å². The van der Waals surface area contributed by atoms with Gasteiger partial charge in [0.2, 0.25) is 0 Å². The Balaban J connectivity index is 1.43. The highest BCUT2D eigenvalue weighted by Crippen LogP contribution is 2.26. The van der Waals surface area contributed by atoms with Crippen LogP contribution in [0.25, 0.3) is 0 Å². The van der Waals surface area contributed by atoms with Crippen LogP contribution in [-0.4, -0.2) is 41.7 Å². The van der Waals surface area contributed by atoms with E-state index in [0.717, 1.165) is 7.69 Å². The highest BCUT2D eigenvalue weighted by atomic mass is 16.6. The Morgan fingerprint density at radius 1 is 0.564 bits per heavy atom. The van der Waals surface area contributed by atoms with Gasteiger partial charge in [0.1, 0.15) is 22.6 Å². The van der Waals surface area contributed by atoms with E-state index >= 15 is 0 Å². The third kappa shape index (κ3) is 6.80. The number of amides is 2. The van der Waals surface area contributed by atoms with Gasteiger partial charge >= 0.3 is 19.6 Å². The van der Waals surface area contributed by atoms with Crippen LogP contribution >= 0.6 is 0 Å². The normalized spacial score (nSPS) is 10.2. The van der Waals surface area contributed by atoms with E-state index in [4.69, 9.17) is 9.31 Å². The number of anilines is 2. The van der Waals surface area contributed by atoms with Crippen LogP contribution in [0.3, 0.4) is 0 Å². The molecular weight excluding hydrogens is 503 g/mol. The molecule has 0 unspecified atom stereocenters. The van der Waals surface area contributed by atoms with E-state index in [1.165, 1.54) is 36.4 Å². The summed E-state index contributed by atoms with van der Waals surface area (Å²) in [6.07, 6.45) is 0. The summed E-state index contributed by atoms with van der Waals surface area (Å²) in [5.41, 5.74) is 0.732. The van der Waals surface area contributed by atoms with Crippen LogP contribution in [0.2, 0.25) is 0 Å². The van der Waals surface area contributed by atoms with Crippen molar-refractivity contribution in [2.75, 3.05) is 10.6 Å². The fraction of sp³-hybridized carbons (Fsp3) is 0. The lowest BCUT2D eigenvalue weighted by atomic mass is 10.1. The summed E-state index contributed by atoms with van der Waals surface area (Å²) in [4.78, 5) is 48.3. The van der Waals surface area contributed by atoms with Crippen LogP contribution in [0.15, 0.2) is 97.1 Å². The van der Waals surface area contributed by atoms with Crippen molar-refractivity contribution in [2.45, 2.75) is 0 Å². The molecule has 0 saturated heterocycles. The van der Waals surface area contributed by atoms with Crippen molar-refractivity contribution in [1.82, 2.24) is 0 Å². The monoisotopic (exact) mass is 523 g/mol. The molecule has 4 N–H and O–H groups in total. The van der Waals surface area contributed by atoms with Gasteiger partial charge < -0.3 is 30.2 Å². The maximum atomic E-state index is 12.4. The lowest BCUT2D eigenvalue weighted by Gasteiger charge is -2.13. The molecule has 0 aromatic heterocycles. The van der Waals surface area contributed by atoms with Gasteiger partial charge in [-0.05, 0) is 60.7 Å². The average Bonchev–Trinajstić information content (AvgIpc) is 2.95. The molecule has 2 amide bonds. The molecule has 0 bridgehead atoms. The number of nitrogens with one attached hydrogen (secondary N) is 2. The van der Waals surface area contributed by atoms with E-state index in [1.807, 2.05) is 0 Å². The molecule has 4 rings (SSSR count). The summed E-state index contributed by atoms with van der Waals surface area (Å²) in [5, 5.41) is 24.4. The van der Waals surface area contributed by atoms with Crippen molar-refractivity contribution >= 4 is 42.8 Å². The first-order valence-corrected chi connectivity index (χ1v) is 11.4. The van der Waals surface area contributed by atoms with Crippen molar-refractivity contribution in [2.24, 2.45) is 0 Å². The summed E-state index contributed by atoms with van der Waals surface area (Å²) in [7, 11) is 0.786. The number of benzene rings is 4. The second kappa shape index (κ2) is 12.1. The summed E-state index contributed by atoms with van der Waals surface area (Å²) < 4.78 is 10.7. The van der Waals surface area contributed by atoms with Gasteiger partial charge in [0.15, 0.2) is 0 Å². The Bertz CT molecular complexity index is 1410. The van der Waals surface area contributed by atoms with Crippen LogP contribution in [0.5, 0.6) is 11.5 Å². The molecule has 0 aliphatic rings. The lowest BCUT2D eigenvalue weighted by Crippen LogP contribution is -2.17. The van der Waals surface area contributed by atoms with E-state index in [1.54, 1.807) is 60.7 Å². The number of carboxylic acids is 2. The van der Waals surface area contributed by atoms with Crippen molar-refractivity contribution in [3.63, 3.8) is 0 Å². The highest BCUT2D eigenvalue weighted by molar-refractivity contribution is 6.21. The van der Waals surface area contributed by atoms with Crippen molar-refractivity contribution in [3.8, 4) is 11.5 Å². The zero-order valence-corrected chi connectivity index (χ0v) is 20.2. The summed E-state index contributed by atoms with van der Waals surface area (Å²) >= 11 is 0. The van der Waals surface area contributed by atoms with Crippen LogP contribution in [-0.2, 0) is 0 Å². The molecule has 39 heavy (non-hydrogen) atoms. The maximum absolute atomic E-state index is 12.4. The summed E-state index contributed by atoms with van der Waals surface area (Å²) in [6.45, 7) is 0. The zero-order chi connectivity index (χ0) is 27.8. The second-order valence-electron chi connectivity index (χ2n) is 8.00. The van der Waals surface area contributed by atoms with Gasteiger partial charge in [-0.1, -0.05) is 36.4 Å². The molecule has 0 fully saturated rings. The van der Waals surface area contributed by atoms with Gasteiger partial charge in [-0.25, -0.2) is 9.59 Å². The van der Waals surface area contributed by atoms with E-state index < -0.39 is 23.8 Å². The molecule has 11 heteroatoms. The number of hydrogen-bond acceptors (Lipinski definition) is 6. The maximum Gasteiger partial charge on any atom is 0.658 e. The fourth-order valence-electron chi connectivity index (χ4n) is 3.47. The Labute approximate surface area is 223 Å². The van der Waals surface area contributed by atoms with Crippen molar-refractivity contribution in [3.05, 3.63) is 119 Å². The molecule has 0 atom stereocenters. The summed E-state index contributed by atoms with van der Waals surface area (Å²) in [5.74, 6) is -3.69. The highest BCUT2D eigenvalue weighted by Gasteiger charge is 2.18. The van der Waals surface area contributed by atoms with Gasteiger partial charge in [0.25, 0.3) is 11.8 Å². The molecular formula is C28H20BN2O8. The molecule has 0 saturated carbocycles. The minimum atomic E-state index is -1.32. The summed E-state index contributed by atoms with van der Waals surface area (Å²) in [6, 6.07) is 24.8. The van der Waals surface area contributed by atoms with E-state index in [0.29, 0.717) is 11.1 Å². The van der Waals surface area contributed by atoms with Crippen molar-refractivity contribution in [1.29, 1.82) is 0 Å². The number of hydrogen-bond donors (Lipinski definition) is 4. The SMILES string of the molecule is O=C(Nc1ccc(O[B]Oc2ccc(NC(=O)c3ccccc3)cc2C(=O)O)c(C(=O)O)c1)c1ccccc1. The first kappa shape index (κ1) is 26.5. The average molecular weight is 523 g/mol. The molecule has 0 heterocycles. The van der Waals surface area contributed by atoms with Gasteiger partial charge in [-0.15, -0.1) is 0 Å². The van der Waals surface area contributed by atoms with Crippen LogP contribution in [0.4, 0.5) is 11.4 Å². The van der Waals surface area contributed by atoms with Crippen LogP contribution in [0, 0.1) is 0 Å². The molecule has 0 aliphatic carbocycles. The molecule has 0 spiro atoms. The van der Waals surface area contributed by atoms with Crippen LogP contribution in [0.1, 0.15) is 41.4 Å². The minimum Gasteiger partial charge on any atom is -0.526 e. The fourth-order valence-corrected chi connectivity index (χ4v) is 3.47. The molecule has 4 aromatic carbocycles. The Morgan fingerprint density at radius 3 is 1.31 bits per heavy atom. The first-order chi connectivity index (χ1) is 18.8. The second-order valence-corrected chi connectivity index (χ2v) is 8.00. The number of aromatic carboxylic acids is 2. The number of carbonyl (C=O) groups is 4. The Kier molecular flexibility index (Phi) is 8.22. The standard InChI is InChI=1S/C28H20BN2O8/c32-25(17-7-3-1-4-8-17)30-19-11-13-23(21(15-19)27(34)35)38-29-39-24-14-12-20(16-22(24)28(36)37)31-26(33)18-9-5-2-6-10-18/h1-16H,(H,30,32)(H,31,33)(H,34,35)(H,36,37). The van der Waals surface area contributed by atoms with E-state index in [2.05, 4.69) is 10.6 Å². The Morgan fingerprint density at radius 2 is 0.949 bits per heavy atom. The first-order valence-electron chi connectivity index (χ1n) is 11.4. The lowest BCUT2D eigenvalue weighted by molar-refractivity contribution is 0.0684. The Hall–Kier alpha value is -5.58. The number of rotatable bonds is 10. The zero-order valence-electron chi connectivity index (χ0n) is 20.2. The molecule has 4 aromatic rings. The van der Waals surface area contributed by atoms with E-state index in [9.17, 15) is 29.4 Å².